The SMILES string of the molecule is CCCCN(C)CC(=O)Nc1cc(C)ccc1C. The second-order valence-electron chi connectivity index (χ2n) is 4.96. The zero-order chi connectivity index (χ0) is 13.5. The van der Waals surface area contributed by atoms with Crippen LogP contribution in [0.5, 0.6) is 0 Å². The highest BCUT2D eigenvalue weighted by molar-refractivity contribution is 5.93. The molecule has 0 spiro atoms. The first-order valence-corrected chi connectivity index (χ1v) is 6.58. The number of hydrogen-bond donors (Lipinski definition) is 1. The third-order valence-corrected chi connectivity index (χ3v) is 2.97. The predicted octanol–water partition coefficient (Wildman–Crippen LogP) is 2.97. The maximum absolute atomic E-state index is 11.9. The molecular weight excluding hydrogens is 224 g/mol. The van der Waals surface area contributed by atoms with Crippen LogP contribution in [-0.2, 0) is 4.79 Å². The highest BCUT2D eigenvalue weighted by atomic mass is 16.2. The van der Waals surface area contributed by atoms with Crippen LogP contribution >= 0.6 is 0 Å². The van der Waals surface area contributed by atoms with Gasteiger partial charge in [0.2, 0.25) is 5.91 Å². The maximum Gasteiger partial charge on any atom is 0.238 e. The second kappa shape index (κ2) is 7.17. The van der Waals surface area contributed by atoms with Crippen LogP contribution in [0.2, 0.25) is 0 Å². The number of likely N-dealkylation sites (N-methyl/N-ethyl adjacent to an activating group) is 1. The molecule has 0 saturated carbocycles. The molecule has 0 unspecified atom stereocenters. The summed E-state index contributed by atoms with van der Waals surface area (Å²) in [6.07, 6.45) is 2.29. The van der Waals surface area contributed by atoms with E-state index in [9.17, 15) is 4.79 Å². The Hall–Kier alpha value is -1.35. The van der Waals surface area contributed by atoms with Gasteiger partial charge >= 0.3 is 0 Å². The highest BCUT2D eigenvalue weighted by Crippen LogP contribution is 2.16. The van der Waals surface area contributed by atoms with Crippen molar-refractivity contribution in [2.75, 3.05) is 25.5 Å². The number of carbonyl (C=O) groups excluding carboxylic acids is 1. The molecule has 100 valence electrons. The van der Waals surface area contributed by atoms with Gasteiger partial charge in [0.25, 0.3) is 0 Å². The van der Waals surface area contributed by atoms with E-state index >= 15 is 0 Å². The van der Waals surface area contributed by atoms with Gasteiger partial charge in [-0.25, -0.2) is 0 Å². The average Bonchev–Trinajstić information content (AvgIpc) is 2.31. The van der Waals surface area contributed by atoms with Gasteiger partial charge < -0.3 is 5.32 Å². The molecule has 1 aromatic rings. The number of hydrogen-bond acceptors (Lipinski definition) is 2. The number of amides is 1. The van der Waals surface area contributed by atoms with Gasteiger partial charge in [-0.15, -0.1) is 0 Å². The Morgan fingerprint density at radius 3 is 2.72 bits per heavy atom. The van der Waals surface area contributed by atoms with Gasteiger partial charge in [-0.3, -0.25) is 9.69 Å². The second-order valence-corrected chi connectivity index (χ2v) is 4.96. The van der Waals surface area contributed by atoms with Crippen LogP contribution in [0.15, 0.2) is 18.2 Å². The smallest absolute Gasteiger partial charge is 0.238 e. The van der Waals surface area contributed by atoms with E-state index in [0.29, 0.717) is 6.54 Å². The molecule has 0 bridgehead atoms. The van der Waals surface area contributed by atoms with Crippen LogP contribution < -0.4 is 5.32 Å². The summed E-state index contributed by atoms with van der Waals surface area (Å²) in [5.74, 6) is 0.0577. The van der Waals surface area contributed by atoms with Gasteiger partial charge in [0.05, 0.1) is 6.54 Å². The molecule has 3 nitrogen and oxygen atoms in total. The summed E-state index contributed by atoms with van der Waals surface area (Å²) in [6.45, 7) is 7.62. The Balaban J connectivity index is 2.51. The van der Waals surface area contributed by atoms with E-state index in [1.54, 1.807) is 0 Å². The van der Waals surface area contributed by atoms with E-state index < -0.39 is 0 Å². The Kier molecular flexibility index (Phi) is 5.86. The first-order valence-electron chi connectivity index (χ1n) is 6.58. The lowest BCUT2D eigenvalue weighted by atomic mass is 10.1. The molecule has 1 N–H and O–H groups in total. The van der Waals surface area contributed by atoms with Crippen LogP contribution in [0.4, 0.5) is 5.69 Å². The van der Waals surface area contributed by atoms with Crippen molar-refractivity contribution in [2.45, 2.75) is 33.6 Å². The summed E-state index contributed by atoms with van der Waals surface area (Å²) in [7, 11) is 1.98. The molecule has 0 saturated heterocycles. The van der Waals surface area contributed by atoms with Crippen molar-refractivity contribution in [2.24, 2.45) is 0 Å². The number of rotatable bonds is 6. The Morgan fingerprint density at radius 1 is 1.33 bits per heavy atom. The van der Waals surface area contributed by atoms with Gasteiger partial charge in [0, 0.05) is 5.69 Å². The molecule has 1 rings (SSSR count). The molecule has 0 atom stereocenters. The minimum Gasteiger partial charge on any atom is -0.325 e. The van der Waals surface area contributed by atoms with Gasteiger partial charge in [0.15, 0.2) is 0 Å². The number of benzene rings is 1. The molecule has 0 aliphatic heterocycles. The van der Waals surface area contributed by atoms with Crippen molar-refractivity contribution in [3.63, 3.8) is 0 Å². The topological polar surface area (TPSA) is 32.3 Å². The Labute approximate surface area is 110 Å². The molecule has 0 radical (unpaired) electrons. The molecule has 3 heteroatoms. The summed E-state index contributed by atoms with van der Waals surface area (Å²) in [6, 6.07) is 6.10. The average molecular weight is 248 g/mol. The van der Waals surface area contributed by atoms with Crippen LogP contribution in [0.3, 0.4) is 0 Å². The normalized spacial score (nSPS) is 10.7. The van der Waals surface area contributed by atoms with E-state index in [0.717, 1.165) is 36.2 Å². The predicted molar refractivity (Wildman–Crippen MR) is 77.0 cm³/mol. The molecule has 1 aromatic carbocycles. The molecule has 18 heavy (non-hydrogen) atoms. The lowest BCUT2D eigenvalue weighted by Gasteiger charge is -2.16. The van der Waals surface area contributed by atoms with Crippen molar-refractivity contribution in [3.05, 3.63) is 29.3 Å². The first kappa shape index (κ1) is 14.7. The third-order valence-electron chi connectivity index (χ3n) is 2.97. The number of anilines is 1. The van der Waals surface area contributed by atoms with E-state index in [1.807, 2.05) is 33.0 Å². The molecule has 0 aromatic heterocycles. The lowest BCUT2D eigenvalue weighted by Crippen LogP contribution is -2.31. The third kappa shape index (κ3) is 4.88. The Bertz CT molecular complexity index is 401. The van der Waals surface area contributed by atoms with Gasteiger partial charge in [-0.2, -0.15) is 0 Å². The summed E-state index contributed by atoms with van der Waals surface area (Å²) in [5, 5.41) is 2.98. The van der Waals surface area contributed by atoms with Crippen LogP contribution in [-0.4, -0.2) is 30.9 Å². The fourth-order valence-corrected chi connectivity index (χ4v) is 1.81. The van der Waals surface area contributed by atoms with Crippen LogP contribution in [0.1, 0.15) is 30.9 Å². The summed E-state index contributed by atoms with van der Waals surface area (Å²) < 4.78 is 0. The Morgan fingerprint density at radius 2 is 2.06 bits per heavy atom. The van der Waals surface area contributed by atoms with Crippen molar-refractivity contribution in [1.82, 2.24) is 4.90 Å². The van der Waals surface area contributed by atoms with Crippen molar-refractivity contribution in [1.29, 1.82) is 0 Å². The van der Waals surface area contributed by atoms with Gasteiger partial charge in [-0.05, 0) is 51.1 Å². The van der Waals surface area contributed by atoms with Gasteiger partial charge in [-0.1, -0.05) is 25.5 Å². The molecule has 0 aliphatic rings. The summed E-state index contributed by atoms with van der Waals surface area (Å²) in [4.78, 5) is 14.0. The zero-order valence-corrected chi connectivity index (χ0v) is 11.9. The number of nitrogens with zero attached hydrogens (tertiary/aromatic N) is 1. The quantitative estimate of drug-likeness (QED) is 0.839. The summed E-state index contributed by atoms with van der Waals surface area (Å²) in [5.41, 5.74) is 3.18. The maximum atomic E-state index is 11.9. The minimum atomic E-state index is 0.0577. The highest BCUT2D eigenvalue weighted by Gasteiger charge is 2.07. The van der Waals surface area contributed by atoms with E-state index in [2.05, 4.69) is 23.2 Å². The molecular formula is C15H24N2O. The monoisotopic (exact) mass is 248 g/mol. The number of unbranched alkanes of at least 4 members (excludes halogenated alkanes) is 1. The molecule has 0 aliphatic carbocycles. The fourth-order valence-electron chi connectivity index (χ4n) is 1.81. The summed E-state index contributed by atoms with van der Waals surface area (Å²) >= 11 is 0. The fraction of sp³-hybridized carbons (Fsp3) is 0.533. The molecule has 0 heterocycles. The minimum absolute atomic E-state index is 0.0577. The molecule has 1 amide bonds. The van der Waals surface area contributed by atoms with Crippen molar-refractivity contribution < 1.29 is 4.79 Å². The van der Waals surface area contributed by atoms with E-state index in [-0.39, 0.29) is 5.91 Å². The van der Waals surface area contributed by atoms with Crippen molar-refractivity contribution >= 4 is 11.6 Å². The molecule has 0 fully saturated rings. The number of nitrogens with one attached hydrogen (secondary N) is 1. The lowest BCUT2D eigenvalue weighted by molar-refractivity contribution is -0.117. The number of aryl methyl sites for hydroxylation is 2. The first-order chi connectivity index (χ1) is 8.52. The standard InChI is InChI=1S/C15H24N2O/c1-5-6-9-17(4)11-15(18)16-14-10-12(2)7-8-13(14)3/h7-8,10H,5-6,9,11H2,1-4H3,(H,16,18). The van der Waals surface area contributed by atoms with Crippen LogP contribution in [0, 0.1) is 13.8 Å². The van der Waals surface area contributed by atoms with E-state index in [4.69, 9.17) is 0 Å². The van der Waals surface area contributed by atoms with Crippen molar-refractivity contribution in [3.8, 4) is 0 Å². The zero-order valence-electron chi connectivity index (χ0n) is 11.9. The number of carbonyl (C=O) groups is 1. The largest absolute Gasteiger partial charge is 0.325 e. The van der Waals surface area contributed by atoms with E-state index in [1.165, 1.54) is 0 Å². The van der Waals surface area contributed by atoms with Gasteiger partial charge in [0.1, 0.15) is 0 Å². The van der Waals surface area contributed by atoms with Crippen LogP contribution in [0.25, 0.3) is 0 Å².